The van der Waals surface area contributed by atoms with E-state index in [1.54, 1.807) is 23.2 Å². The Balaban J connectivity index is 1.78. The van der Waals surface area contributed by atoms with Crippen LogP contribution in [0.25, 0.3) is 0 Å². The zero-order valence-electron chi connectivity index (χ0n) is 14.0. The first-order valence-electron chi connectivity index (χ1n) is 8.25. The largest absolute Gasteiger partial charge is 0.376 e. The van der Waals surface area contributed by atoms with Crippen molar-refractivity contribution < 1.29 is 9.53 Å². The van der Waals surface area contributed by atoms with Gasteiger partial charge in [0.15, 0.2) is 0 Å². The third-order valence-electron chi connectivity index (χ3n) is 4.34. The van der Waals surface area contributed by atoms with Gasteiger partial charge in [-0.15, -0.1) is 0 Å². The highest BCUT2D eigenvalue weighted by Crippen LogP contribution is 2.17. The number of aromatic amines is 2. The molecule has 1 unspecified atom stereocenters. The van der Waals surface area contributed by atoms with Gasteiger partial charge in [-0.05, 0) is 42.2 Å². The van der Waals surface area contributed by atoms with Crippen molar-refractivity contribution in [1.82, 2.24) is 14.9 Å². The van der Waals surface area contributed by atoms with E-state index in [-0.39, 0.29) is 18.4 Å². The highest BCUT2D eigenvalue weighted by molar-refractivity contribution is 7.07. The van der Waals surface area contributed by atoms with Crippen LogP contribution in [0.4, 0.5) is 0 Å². The van der Waals surface area contributed by atoms with Crippen molar-refractivity contribution >= 4 is 17.2 Å². The lowest BCUT2D eigenvalue weighted by Gasteiger charge is -2.25. The average molecular weight is 363 g/mol. The second-order valence-corrected chi connectivity index (χ2v) is 7.01. The lowest BCUT2D eigenvalue weighted by Crippen LogP contribution is -2.39. The second kappa shape index (κ2) is 7.79. The molecule has 3 heterocycles. The van der Waals surface area contributed by atoms with Gasteiger partial charge < -0.3 is 14.6 Å². The van der Waals surface area contributed by atoms with E-state index >= 15 is 0 Å². The normalized spacial score (nSPS) is 16.9. The van der Waals surface area contributed by atoms with Crippen molar-refractivity contribution in [3.05, 3.63) is 54.5 Å². The minimum Gasteiger partial charge on any atom is -0.376 e. The zero-order valence-corrected chi connectivity index (χ0v) is 14.9. The summed E-state index contributed by atoms with van der Waals surface area (Å²) in [4.78, 5) is 42.6. The predicted molar refractivity (Wildman–Crippen MR) is 94.8 cm³/mol. The van der Waals surface area contributed by atoms with E-state index in [0.29, 0.717) is 24.3 Å². The minimum absolute atomic E-state index is 0.0394. The molecule has 0 aliphatic carbocycles. The molecule has 1 fully saturated rings. The smallest absolute Gasteiger partial charge is 0.325 e. The molecular formula is C17H21N3O4S. The van der Waals surface area contributed by atoms with Crippen molar-refractivity contribution in [1.29, 1.82) is 0 Å². The quantitative estimate of drug-likeness (QED) is 0.806. The van der Waals surface area contributed by atoms with Crippen LogP contribution in [0.5, 0.6) is 0 Å². The average Bonchev–Trinajstić information content (AvgIpc) is 3.23. The Hall–Kier alpha value is -2.19. The fraction of sp³-hybridized carbons (Fsp3) is 0.471. The molecule has 2 aromatic heterocycles. The first kappa shape index (κ1) is 17.6. The van der Waals surface area contributed by atoms with E-state index in [1.165, 1.54) is 0 Å². The number of aryl methyl sites for hydroxylation is 1. The lowest BCUT2D eigenvalue weighted by atomic mass is 10.1. The maximum atomic E-state index is 12.8. The van der Waals surface area contributed by atoms with Crippen LogP contribution in [0.15, 0.2) is 26.4 Å². The summed E-state index contributed by atoms with van der Waals surface area (Å²) in [7, 11) is 0. The summed E-state index contributed by atoms with van der Waals surface area (Å²) in [6, 6.07) is 1.98. The summed E-state index contributed by atoms with van der Waals surface area (Å²) in [5.41, 5.74) is 0.709. The molecule has 3 rings (SSSR count). The fourth-order valence-electron chi connectivity index (χ4n) is 2.99. The molecule has 8 heteroatoms. The SMILES string of the molecule is Cc1[nH]c(=O)[nH]c(=O)c1CC(=O)N(Cc1ccsc1)CC1CCCO1. The maximum absolute atomic E-state index is 12.8. The van der Waals surface area contributed by atoms with Gasteiger partial charge in [-0.1, -0.05) is 0 Å². The lowest BCUT2D eigenvalue weighted by molar-refractivity contribution is -0.132. The molecule has 1 aliphatic rings. The predicted octanol–water partition coefficient (Wildman–Crippen LogP) is 1.18. The molecule has 0 spiro atoms. The van der Waals surface area contributed by atoms with Gasteiger partial charge in [0.05, 0.1) is 12.5 Å². The Bertz CT molecular complexity index is 834. The first-order valence-corrected chi connectivity index (χ1v) is 9.19. The minimum atomic E-state index is -0.562. The molecular weight excluding hydrogens is 342 g/mol. The molecule has 7 nitrogen and oxygen atoms in total. The molecule has 0 saturated carbocycles. The van der Waals surface area contributed by atoms with Gasteiger partial charge >= 0.3 is 5.69 Å². The molecule has 1 saturated heterocycles. The number of H-pyrrole nitrogens is 2. The third-order valence-corrected chi connectivity index (χ3v) is 5.07. The van der Waals surface area contributed by atoms with E-state index in [4.69, 9.17) is 4.74 Å². The fourth-order valence-corrected chi connectivity index (χ4v) is 3.65. The zero-order chi connectivity index (χ0) is 17.8. The topological polar surface area (TPSA) is 95.3 Å². The highest BCUT2D eigenvalue weighted by Gasteiger charge is 2.24. The standard InChI is InChI=1S/C17H21N3O4S/c1-11-14(16(22)19-17(23)18-11)7-15(21)20(8-12-4-6-25-10-12)9-13-3-2-5-24-13/h4,6,10,13H,2-3,5,7-9H2,1H3,(H2,18,19,22,23). The summed E-state index contributed by atoms with van der Waals surface area (Å²) < 4.78 is 5.66. The maximum Gasteiger partial charge on any atom is 0.325 e. The highest BCUT2D eigenvalue weighted by atomic mass is 32.1. The molecule has 1 amide bonds. The van der Waals surface area contributed by atoms with Gasteiger partial charge in [-0.3, -0.25) is 14.6 Å². The molecule has 1 atom stereocenters. The van der Waals surface area contributed by atoms with Crippen LogP contribution in [0, 0.1) is 6.92 Å². The summed E-state index contributed by atoms with van der Waals surface area (Å²) in [5.74, 6) is -0.151. The number of hydrogen-bond acceptors (Lipinski definition) is 5. The van der Waals surface area contributed by atoms with Crippen LogP contribution >= 0.6 is 11.3 Å². The van der Waals surface area contributed by atoms with Gasteiger partial charge in [-0.2, -0.15) is 11.3 Å². The molecule has 1 aliphatic heterocycles. The molecule has 0 aromatic carbocycles. The van der Waals surface area contributed by atoms with Crippen LogP contribution in [0.2, 0.25) is 0 Å². The van der Waals surface area contributed by atoms with E-state index in [9.17, 15) is 14.4 Å². The van der Waals surface area contributed by atoms with Gasteiger partial charge in [0.2, 0.25) is 5.91 Å². The number of thiophene rings is 1. The van der Waals surface area contributed by atoms with E-state index < -0.39 is 11.2 Å². The van der Waals surface area contributed by atoms with Crippen molar-refractivity contribution in [2.24, 2.45) is 0 Å². The summed E-state index contributed by atoms with van der Waals surface area (Å²) >= 11 is 1.58. The molecule has 134 valence electrons. The van der Waals surface area contributed by atoms with Crippen molar-refractivity contribution in [2.45, 2.75) is 38.8 Å². The summed E-state index contributed by atoms with van der Waals surface area (Å²) in [5, 5.41) is 3.98. The first-order chi connectivity index (χ1) is 12.0. The number of rotatable bonds is 6. The number of hydrogen-bond donors (Lipinski definition) is 2. The van der Waals surface area contributed by atoms with Crippen LogP contribution in [-0.4, -0.2) is 40.0 Å². The Kier molecular flexibility index (Phi) is 5.50. The third kappa shape index (κ3) is 4.46. The van der Waals surface area contributed by atoms with Gasteiger partial charge in [0.25, 0.3) is 5.56 Å². The number of aromatic nitrogens is 2. The van der Waals surface area contributed by atoms with E-state index in [1.807, 2.05) is 16.8 Å². The van der Waals surface area contributed by atoms with E-state index in [0.717, 1.165) is 25.0 Å². The Morgan fingerprint density at radius 1 is 1.40 bits per heavy atom. The molecule has 0 radical (unpaired) electrons. The van der Waals surface area contributed by atoms with Crippen LogP contribution in [0.3, 0.4) is 0 Å². The summed E-state index contributed by atoms with van der Waals surface area (Å²) in [6.07, 6.45) is 1.93. The van der Waals surface area contributed by atoms with Crippen LogP contribution in [-0.2, 0) is 22.5 Å². The molecule has 2 aromatic rings. The Morgan fingerprint density at radius 2 is 2.24 bits per heavy atom. The Morgan fingerprint density at radius 3 is 2.88 bits per heavy atom. The van der Waals surface area contributed by atoms with E-state index in [2.05, 4.69) is 9.97 Å². The van der Waals surface area contributed by atoms with Gasteiger partial charge in [-0.25, -0.2) is 4.79 Å². The van der Waals surface area contributed by atoms with Crippen LogP contribution < -0.4 is 11.2 Å². The van der Waals surface area contributed by atoms with Gasteiger partial charge in [0, 0.05) is 31.0 Å². The molecule has 25 heavy (non-hydrogen) atoms. The molecule has 2 N–H and O–H groups in total. The van der Waals surface area contributed by atoms with Crippen molar-refractivity contribution in [2.75, 3.05) is 13.2 Å². The van der Waals surface area contributed by atoms with Crippen molar-refractivity contribution in [3.63, 3.8) is 0 Å². The van der Waals surface area contributed by atoms with Gasteiger partial charge in [0.1, 0.15) is 0 Å². The number of carbonyl (C=O) groups is 1. The number of ether oxygens (including phenoxy) is 1. The van der Waals surface area contributed by atoms with Crippen molar-refractivity contribution in [3.8, 4) is 0 Å². The second-order valence-electron chi connectivity index (χ2n) is 6.23. The number of nitrogens with one attached hydrogen (secondary N) is 2. The summed E-state index contributed by atoms with van der Waals surface area (Å²) in [6.45, 7) is 3.35. The number of amides is 1. The number of nitrogens with zero attached hydrogens (tertiary/aromatic N) is 1. The molecule has 0 bridgehead atoms. The van der Waals surface area contributed by atoms with Crippen LogP contribution in [0.1, 0.15) is 29.7 Å². The number of carbonyl (C=O) groups excluding carboxylic acids is 1. The Labute approximate surface area is 148 Å². The monoisotopic (exact) mass is 363 g/mol.